The quantitative estimate of drug-likeness (QED) is 0.391. The van der Waals surface area contributed by atoms with Crippen LogP contribution in [-0.4, -0.2) is 35.0 Å². The van der Waals surface area contributed by atoms with E-state index in [1.807, 2.05) is 67.6 Å². The molecule has 5 heteroatoms. The SMILES string of the molecule is C=CC(=O)O[C@@H]1C=C(C=C)[C@@](O)(CCC)[C@H](OCc2ccccc2)[C@H]1OCc1ccccc1. The van der Waals surface area contributed by atoms with Gasteiger partial charge >= 0.3 is 5.97 Å². The van der Waals surface area contributed by atoms with Crippen LogP contribution in [-0.2, 0) is 32.2 Å². The van der Waals surface area contributed by atoms with Gasteiger partial charge < -0.3 is 19.3 Å². The van der Waals surface area contributed by atoms with Crippen LogP contribution in [0.3, 0.4) is 0 Å². The molecule has 2 aromatic rings. The zero-order chi connectivity index (χ0) is 23.7. The van der Waals surface area contributed by atoms with E-state index in [1.54, 1.807) is 12.2 Å². The Kier molecular flexibility index (Phi) is 8.78. The molecule has 1 aliphatic carbocycles. The molecule has 0 bridgehead atoms. The van der Waals surface area contributed by atoms with E-state index in [0.717, 1.165) is 23.6 Å². The van der Waals surface area contributed by atoms with Crippen molar-refractivity contribution in [3.8, 4) is 0 Å². The molecule has 0 amide bonds. The average Bonchev–Trinajstić information content (AvgIpc) is 2.84. The van der Waals surface area contributed by atoms with E-state index in [0.29, 0.717) is 12.0 Å². The third-order valence-corrected chi connectivity index (χ3v) is 5.76. The molecule has 0 unspecified atom stereocenters. The maximum Gasteiger partial charge on any atom is 0.330 e. The van der Waals surface area contributed by atoms with Gasteiger partial charge in [0.2, 0.25) is 0 Å². The molecule has 174 valence electrons. The van der Waals surface area contributed by atoms with Crippen molar-refractivity contribution in [2.45, 2.75) is 56.9 Å². The van der Waals surface area contributed by atoms with Gasteiger partial charge in [-0.05, 0) is 29.2 Å². The van der Waals surface area contributed by atoms with Crippen LogP contribution in [0.2, 0.25) is 0 Å². The maximum absolute atomic E-state index is 12.1. The Labute approximate surface area is 196 Å². The maximum atomic E-state index is 12.1. The molecule has 2 aromatic carbocycles. The number of esters is 1. The Hall–Kier alpha value is -2.99. The Morgan fingerprint density at radius 2 is 1.58 bits per heavy atom. The number of ether oxygens (including phenoxy) is 3. The van der Waals surface area contributed by atoms with Gasteiger partial charge in [0.05, 0.1) is 13.2 Å². The molecule has 0 spiro atoms. The monoisotopic (exact) mass is 448 g/mol. The van der Waals surface area contributed by atoms with Gasteiger partial charge in [0.1, 0.15) is 23.9 Å². The molecule has 3 rings (SSSR count). The molecular formula is C28H32O5. The van der Waals surface area contributed by atoms with Crippen molar-refractivity contribution in [2.75, 3.05) is 0 Å². The molecule has 1 aliphatic rings. The number of hydrogen-bond acceptors (Lipinski definition) is 5. The number of hydrogen-bond donors (Lipinski definition) is 1. The van der Waals surface area contributed by atoms with Gasteiger partial charge in [-0.2, -0.15) is 0 Å². The van der Waals surface area contributed by atoms with Crippen molar-refractivity contribution in [3.05, 3.63) is 109 Å². The second kappa shape index (κ2) is 11.8. The summed E-state index contributed by atoms with van der Waals surface area (Å²) in [7, 11) is 0. The first kappa shape index (κ1) is 24.6. The second-order valence-corrected chi connectivity index (χ2v) is 8.08. The summed E-state index contributed by atoms with van der Waals surface area (Å²) >= 11 is 0. The molecule has 0 radical (unpaired) electrons. The summed E-state index contributed by atoms with van der Waals surface area (Å²) in [6.45, 7) is 9.93. The highest BCUT2D eigenvalue weighted by Crippen LogP contribution is 2.39. The Morgan fingerprint density at radius 1 is 1.00 bits per heavy atom. The van der Waals surface area contributed by atoms with Gasteiger partial charge in [-0.3, -0.25) is 0 Å². The van der Waals surface area contributed by atoms with Gasteiger partial charge in [0.15, 0.2) is 0 Å². The van der Waals surface area contributed by atoms with E-state index >= 15 is 0 Å². The topological polar surface area (TPSA) is 65.0 Å². The van der Waals surface area contributed by atoms with Gasteiger partial charge in [-0.1, -0.05) is 93.2 Å². The minimum Gasteiger partial charge on any atom is -0.452 e. The molecule has 4 atom stereocenters. The van der Waals surface area contributed by atoms with Gasteiger partial charge in [-0.25, -0.2) is 4.79 Å². The van der Waals surface area contributed by atoms with E-state index in [-0.39, 0.29) is 13.2 Å². The van der Waals surface area contributed by atoms with E-state index < -0.39 is 29.9 Å². The molecule has 0 saturated carbocycles. The number of rotatable bonds is 11. The normalized spacial score (nSPS) is 24.5. The molecule has 0 heterocycles. The van der Waals surface area contributed by atoms with Crippen molar-refractivity contribution >= 4 is 5.97 Å². The number of carbonyl (C=O) groups is 1. The van der Waals surface area contributed by atoms with Crippen molar-refractivity contribution in [2.24, 2.45) is 0 Å². The van der Waals surface area contributed by atoms with Crippen LogP contribution in [0.1, 0.15) is 30.9 Å². The molecular weight excluding hydrogens is 416 g/mol. The highest BCUT2D eigenvalue weighted by molar-refractivity contribution is 5.81. The number of carbonyl (C=O) groups excluding carboxylic acids is 1. The Bertz CT molecular complexity index is 953. The van der Waals surface area contributed by atoms with Crippen LogP contribution in [0.4, 0.5) is 0 Å². The molecule has 0 fully saturated rings. The minimum atomic E-state index is -1.34. The molecule has 0 aliphatic heterocycles. The zero-order valence-corrected chi connectivity index (χ0v) is 19.1. The van der Waals surface area contributed by atoms with Crippen molar-refractivity contribution in [1.29, 1.82) is 0 Å². The molecule has 0 saturated heterocycles. The summed E-state index contributed by atoms with van der Waals surface area (Å²) in [5.74, 6) is -0.573. The predicted molar refractivity (Wildman–Crippen MR) is 128 cm³/mol. The van der Waals surface area contributed by atoms with Gasteiger partial charge in [-0.15, -0.1) is 0 Å². The first-order valence-corrected chi connectivity index (χ1v) is 11.2. The fraction of sp³-hybridized carbons (Fsp3) is 0.321. The van der Waals surface area contributed by atoms with Crippen LogP contribution < -0.4 is 0 Å². The van der Waals surface area contributed by atoms with Gasteiger partial charge in [0.25, 0.3) is 0 Å². The van der Waals surface area contributed by atoms with Crippen LogP contribution in [0.25, 0.3) is 0 Å². The Balaban J connectivity index is 1.97. The van der Waals surface area contributed by atoms with E-state index in [9.17, 15) is 9.90 Å². The van der Waals surface area contributed by atoms with E-state index in [1.165, 1.54) is 0 Å². The van der Waals surface area contributed by atoms with Crippen molar-refractivity contribution < 1.29 is 24.1 Å². The first-order chi connectivity index (χ1) is 16.0. The smallest absolute Gasteiger partial charge is 0.330 e. The minimum absolute atomic E-state index is 0.273. The zero-order valence-electron chi connectivity index (χ0n) is 19.1. The largest absolute Gasteiger partial charge is 0.452 e. The lowest BCUT2D eigenvalue weighted by atomic mass is 9.75. The van der Waals surface area contributed by atoms with E-state index in [2.05, 4.69) is 13.2 Å². The standard InChI is InChI=1S/C28H32O5/c1-4-17-28(30)23(5-2)18-24(33-25(29)6-3)26(31-19-21-13-9-7-10-14-21)27(28)32-20-22-15-11-8-12-16-22/h5-16,18,24,26-27,30H,2-4,17,19-20H2,1H3/t24-,26+,27-,28+/m1/s1. The highest BCUT2D eigenvalue weighted by Gasteiger charge is 2.51. The summed E-state index contributed by atoms with van der Waals surface area (Å²) in [5.41, 5.74) is 1.14. The Morgan fingerprint density at radius 3 is 2.09 bits per heavy atom. The fourth-order valence-corrected chi connectivity index (χ4v) is 4.16. The number of aliphatic hydroxyl groups is 1. The summed E-state index contributed by atoms with van der Waals surface area (Å²) in [5, 5.41) is 11.8. The lowest BCUT2D eigenvalue weighted by Gasteiger charge is -2.46. The lowest BCUT2D eigenvalue weighted by molar-refractivity contribution is -0.200. The third kappa shape index (κ3) is 6.08. The van der Waals surface area contributed by atoms with Gasteiger partial charge in [0, 0.05) is 6.08 Å². The van der Waals surface area contributed by atoms with E-state index in [4.69, 9.17) is 14.2 Å². The highest BCUT2D eigenvalue weighted by atomic mass is 16.6. The van der Waals surface area contributed by atoms with Crippen LogP contribution in [0.15, 0.2) is 97.6 Å². The van der Waals surface area contributed by atoms with Crippen molar-refractivity contribution in [1.82, 2.24) is 0 Å². The second-order valence-electron chi connectivity index (χ2n) is 8.08. The summed E-state index contributed by atoms with van der Waals surface area (Å²) in [4.78, 5) is 12.1. The summed E-state index contributed by atoms with van der Waals surface area (Å²) in [6, 6.07) is 19.4. The summed E-state index contributed by atoms with van der Waals surface area (Å²) < 4.78 is 18.3. The number of benzene rings is 2. The molecule has 33 heavy (non-hydrogen) atoms. The van der Waals surface area contributed by atoms with Crippen LogP contribution in [0, 0.1) is 0 Å². The lowest BCUT2D eigenvalue weighted by Crippen LogP contribution is -2.59. The first-order valence-electron chi connectivity index (χ1n) is 11.2. The average molecular weight is 449 g/mol. The fourth-order valence-electron chi connectivity index (χ4n) is 4.16. The van der Waals surface area contributed by atoms with Crippen LogP contribution >= 0.6 is 0 Å². The van der Waals surface area contributed by atoms with Crippen LogP contribution in [0.5, 0.6) is 0 Å². The third-order valence-electron chi connectivity index (χ3n) is 5.76. The van der Waals surface area contributed by atoms with Crippen molar-refractivity contribution in [3.63, 3.8) is 0 Å². The predicted octanol–water partition coefficient (Wildman–Crippen LogP) is 4.91. The summed E-state index contributed by atoms with van der Waals surface area (Å²) in [6.07, 6.45) is 3.28. The molecule has 0 aromatic heterocycles. The molecule has 5 nitrogen and oxygen atoms in total. The molecule has 1 N–H and O–H groups in total.